The van der Waals surface area contributed by atoms with Gasteiger partial charge in [-0.2, -0.15) is 0 Å². The second-order valence-corrected chi connectivity index (χ2v) is 8.55. The number of imidazole rings is 1. The van der Waals surface area contributed by atoms with Crippen molar-refractivity contribution in [2.24, 2.45) is 11.5 Å². The molecule has 4 aromatic rings. The third-order valence-corrected chi connectivity index (χ3v) is 5.51. The molecular weight excluding hydrogens is 420 g/mol. The van der Waals surface area contributed by atoms with Crippen LogP contribution in [0.2, 0.25) is 5.02 Å². The number of nitrogens with zero attached hydrogens (tertiary/aromatic N) is 2. The van der Waals surface area contributed by atoms with Gasteiger partial charge in [-0.3, -0.25) is 4.90 Å². The molecule has 2 aromatic heterocycles. The van der Waals surface area contributed by atoms with Crippen LogP contribution in [0.1, 0.15) is 22.6 Å². The van der Waals surface area contributed by atoms with Crippen molar-refractivity contribution in [3.8, 4) is 0 Å². The number of halogens is 1. The van der Waals surface area contributed by atoms with E-state index in [4.69, 9.17) is 23.1 Å². The lowest BCUT2D eigenvalue weighted by Gasteiger charge is -2.17. The number of aromatic amines is 2. The topological polar surface area (TPSA) is 99.8 Å². The molecule has 0 aliphatic heterocycles. The molecule has 0 spiro atoms. The molecule has 2 aromatic carbocycles. The summed E-state index contributed by atoms with van der Waals surface area (Å²) in [5.41, 5.74) is 16.8. The van der Waals surface area contributed by atoms with Crippen LogP contribution >= 0.6 is 11.6 Å². The fraction of sp³-hybridized carbons (Fsp3) is 0.160. The van der Waals surface area contributed by atoms with Crippen LogP contribution < -0.4 is 22.2 Å². The molecule has 0 fully saturated rings. The minimum absolute atomic E-state index is 0.211. The number of H-pyrrole nitrogens is 2. The molecule has 0 unspecified atom stereocenters. The van der Waals surface area contributed by atoms with Crippen LogP contribution in [-0.4, -0.2) is 26.9 Å². The first-order valence-electron chi connectivity index (χ1n) is 10.3. The fourth-order valence-electron chi connectivity index (χ4n) is 3.90. The van der Waals surface area contributed by atoms with Gasteiger partial charge in [-0.05, 0) is 61.5 Å². The molecule has 0 amide bonds. The molecule has 0 bridgehead atoms. The monoisotopic (exact) mass is 446 g/mol. The van der Waals surface area contributed by atoms with Crippen LogP contribution in [0, 0.1) is 6.92 Å². The fourth-order valence-corrected chi connectivity index (χ4v) is 4.02. The van der Waals surface area contributed by atoms with E-state index in [1.54, 1.807) is 6.08 Å². The first-order chi connectivity index (χ1) is 15.3. The lowest BCUT2D eigenvalue weighted by Crippen LogP contribution is -2.26. The van der Waals surface area contributed by atoms with E-state index < -0.39 is 0 Å². The summed E-state index contributed by atoms with van der Waals surface area (Å²) in [6.45, 7) is 7.62. The summed E-state index contributed by atoms with van der Waals surface area (Å²) in [5, 5.41) is 3.31. The van der Waals surface area contributed by atoms with Gasteiger partial charge in [0.25, 0.3) is 0 Å². The summed E-state index contributed by atoms with van der Waals surface area (Å²) in [5.74, 6) is 0.997. The Morgan fingerprint density at radius 1 is 1.06 bits per heavy atom. The molecule has 0 atom stereocenters. The zero-order chi connectivity index (χ0) is 22.8. The minimum atomic E-state index is 0.211. The number of fused-ring (bicyclic) bond motifs is 1. The average Bonchev–Trinajstić information content (AvgIpc) is 3.29. The first-order valence-corrected chi connectivity index (χ1v) is 10.7. The summed E-state index contributed by atoms with van der Waals surface area (Å²) >= 11 is 5.99. The maximum Gasteiger partial charge on any atom is 0.104 e. The second-order valence-electron chi connectivity index (χ2n) is 8.11. The van der Waals surface area contributed by atoms with Crippen LogP contribution in [0.4, 0.5) is 0 Å². The number of allylic oxidation sites excluding steroid dienone is 1. The first kappa shape index (κ1) is 21.7. The number of rotatable bonds is 6. The van der Waals surface area contributed by atoms with Crippen molar-refractivity contribution < 1.29 is 0 Å². The van der Waals surface area contributed by atoms with Gasteiger partial charge < -0.3 is 21.4 Å². The maximum absolute atomic E-state index is 5.99. The van der Waals surface area contributed by atoms with Crippen molar-refractivity contribution >= 4 is 34.7 Å². The van der Waals surface area contributed by atoms with E-state index in [0.717, 1.165) is 56.8 Å². The number of aryl methyl sites for hydroxylation is 1. The zero-order valence-electron chi connectivity index (χ0n) is 18.2. The number of benzene rings is 2. The predicted molar refractivity (Wildman–Crippen MR) is 132 cm³/mol. The van der Waals surface area contributed by atoms with Crippen LogP contribution in [-0.2, 0) is 13.1 Å². The van der Waals surface area contributed by atoms with Gasteiger partial charge in [-0.15, -0.1) is 0 Å². The summed E-state index contributed by atoms with van der Waals surface area (Å²) < 4.78 is 0. The molecule has 6 nitrogen and oxygen atoms in total. The highest BCUT2D eigenvalue weighted by Gasteiger charge is 2.10. The standard InChI is InChI=1S/C25H27ClN6/c1-15-25(30-16(2)29-15)21(12-24(27)28)23-11-19-10-18(6-9-22(19)31-23)14-32(3)13-17-4-7-20(26)8-5-17/h4-12,31H,1,13-14,27-28H2,2-3H3,(H,29,30)/b25-21-. The molecule has 32 heavy (non-hydrogen) atoms. The molecule has 4 rings (SSSR count). The van der Waals surface area contributed by atoms with Crippen molar-refractivity contribution in [1.82, 2.24) is 19.9 Å². The van der Waals surface area contributed by atoms with Gasteiger partial charge in [-0.1, -0.05) is 36.4 Å². The Labute approximate surface area is 191 Å². The number of hydrogen-bond donors (Lipinski definition) is 4. The van der Waals surface area contributed by atoms with Gasteiger partial charge >= 0.3 is 0 Å². The van der Waals surface area contributed by atoms with E-state index >= 15 is 0 Å². The average molecular weight is 447 g/mol. The highest BCUT2D eigenvalue weighted by Crippen LogP contribution is 2.22. The number of hydrogen-bond acceptors (Lipinski definition) is 4. The smallest absolute Gasteiger partial charge is 0.104 e. The lowest BCUT2D eigenvalue weighted by molar-refractivity contribution is 0.319. The van der Waals surface area contributed by atoms with Crippen molar-refractivity contribution in [2.75, 3.05) is 7.05 Å². The quantitative estimate of drug-likeness (QED) is 0.366. The van der Waals surface area contributed by atoms with E-state index in [0.29, 0.717) is 0 Å². The molecule has 0 radical (unpaired) electrons. The Kier molecular flexibility index (Phi) is 6.08. The third-order valence-electron chi connectivity index (χ3n) is 5.26. The third kappa shape index (κ3) is 4.88. The molecule has 0 aliphatic carbocycles. The minimum Gasteiger partial charge on any atom is -0.386 e. The highest BCUT2D eigenvalue weighted by molar-refractivity contribution is 6.30. The Morgan fingerprint density at radius 2 is 1.75 bits per heavy atom. The number of nitrogens with two attached hydrogens (primary N) is 2. The van der Waals surface area contributed by atoms with Crippen molar-refractivity contribution in [3.05, 3.63) is 98.8 Å². The van der Waals surface area contributed by atoms with Gasteiger partial charge in [0.05, 0.1) is 16.5 Å². The van der Waals surface area contributed by atoms with E-state index in [-0.39, 0.29) is 5.82 Å². The van der Waals surface area contributed by atoms with Gasteiger partial charge in [0.1, 0.15) is 5.82 Å². The van der Waals surface area contributed by atoms with E-state index in [1.807, 2.05) is 19.1 Å². The Hall–Kier alpha value is -3.48. The Morgan fingerprint density at radius 3 is 2.41 bits per heavy atom. The van der Waals surface area contributed by atoms with E-state index in [9.17, 15) is 0 Å². The molecule has 0 saturated carbocycles. The molecule has 0 aliphatic rings. The number of aromatic nitrogens is 3. The predicted octanol–water partition coefficient (Wildman–Crippen LogP) is 2.85. The highest BCUT2D eigenvalue weighted by atomic mass is 35.5. The molecule has 164 valence electrons. The summed E-state index contributed by atoms with van der Waals surface area (Å²) in [4.78, 5) is 13.4. The van der Waals surface area contributed by atoms with E-state index in [2.05, 4.69) is 69.9 Å². The van der Waals surface area contributed by atoms with Crippen molar-refractivity contribution in [1.29, 1.82) is 0 Å². The van der Waals surface area contributed by atoms with Crippen LogP contribution in [0.5, 0.6) is 0 Å². The summed E-state index contributed by atoms with van der Waals surface area (Å²) in [7, 11) is 2.11. The molecule has 6 N–H and O–H groups in total. The van der Waals surface area contributed by atoms with Crippen molar-refractivity contribution in [2.45, 2.75) is 20.0 Å². The maximum atomic E-state index is 5.99. The number of nitrogens with one attached hydrogen (secondary N) is 2. The van der Waals surface area contributed by atoms with Crippen LogP contribution in [0.3, 0.4) is 0 Å². The summed E-state index contributed by atoms with van der Waals surface area (Å²) in [6.07, 6.45) is 1.72. The van der Waals surface area contributed by atoms with Gasteiger partial charge in [-0.25, -0.2) is 4.98 Å². The van der Waals surface area contributed by atoms with Crippen LogP contribution in [0.15, 0.2) is 60.4 Å². The largest absolute Gasteiger partial charge is 0.386 e. The van der Waals surface area contributed by atoms with Gasteiger partial charge in [0.2, 0.25) is 0 Å². The van der Waals surface area contributed by atoms with Gasteiger partial charge in [0, 0.05) is 40.3 Å². The zero-order valence-corrected chi connectivity index (χ0v) is 19.0. The van der Waals surface area contributed by atoms with Crippen molar-refractivity contribution in [3.63, 3.8) is 0 Å². The molecule has 2 heterocycles. The van der Waals surface area contributed by atoms with Crippen LogP contribution in [0.25, 0.3) is 23.1 Å². The van der Waals surface area contributed by atoms with E-state index in [1.165, 1.54) is 11.1 Å². The molecular formula is C25H27ClN6. The normalized spacial score (nSPS) is 12.4. The molecule has 7 heteroatoms. The molecule has 0 saturated heterocycles. The van der Waals surface area contributed by atoms with Gasteiger partial charge in [0.15, 0.2) is 0 Å². The Balaban J connectivity index is 1.64. The second kappa shape index (κ2) is 8.94. The Bertz CT molecular complexity index is 1390. The summed E-state index contributed by atoms with van der Waals surface area (Å²) in [6, 6.07) is 16.5. The SMILES string of the molecule is C=c1[nH]c(C)n/c1=C(/C=C(N)N)c1cc2cc(CN(C)Cc3ccc(Cl)cc3)ccc2[nH]1. The lowest BCUT2D eigenvalue weighted by atomic mass is 10.1.